The second-order valence-corrected chi connectivity index (χ2v) is 10.1. The third-order valence-electron chi connectivity index (χ3n) is 6.42. The topological polar surface area (TPSA) is 146 Å². The van der Waals surface area contributed by atoms with E-state index < -0.39 is 16.7 Å². The van der Waals surface area contributed by atoms with Crippen LogP contribution < -0.4 is 20.7 Å². The maximum Gasteiger partial charge on any atom is 0.269 e. The first-order chi connectivity index (χ1) is 19.7. The van der Waals surface area contributed by atoms with Crippen molar-refractivity contribution in [1.29, 1.82) is 5.26 Å². The number of ether oxygens (including phenoxy) is 1. The average Bonchev–Trinajstić information content (AvgIpc) is 2.97. The van der Waals surface area contributed by atoms with Crippen LogP contribution >= 0.6 is 11.8 Å². The molecule has 2 amide bonds. The standard InChI is InChI=1S/C30H27N5O5S/c1-18-15-21(35(38)39)13-14-23(18)33-26(36)17-41-30-22(16-31)28(20-9-5-4-6-10-20)27(19(2)32-30)29(37)34-24-11-7-8-12-25(24)40-3/h4-15,28,32H,17H2,1-3H3,(H,33,36)(H,34,37)/t28-/m0/s1. The zero-order valence-electron chi connectivity index (χ0n) is 22.6. The summed E-state index contributed by atoms with van der Waals surface area (Å²) in [5.41, 5.74) is 3.40. The van der Waals surface area contributed by atoms with Gasteiger partial charge < -0.3 is 20.7 Å². The van der Waals surface area contributed by atoms with E-state index in [4.69, 9.17) is 4.74 Å². The quantitative estimate of drug-likeness (QED) is 0.222. The number of anilines is 2. The van der Waals surface area contributed by atoms with Gasteiger partial charge in [0.15, 0.2) is 0 Å². The van der Waals surface area contributed by atoms with Gasteiger partial charge in [-0.15, -0.1) is 0 Å². The number of nitro groups is 1. The molecule has 0 saturated heterocycles. The van der Waals surface area contributed by atoms with E-state index >= 15 is 0 Å². The molecule has 0 spiro atoms. The van der Waals surface area contributed by atoms with Gasteiger partial charge in [0.1, 0.15) is 5.75 Å². The van der Waals surface area contributed by atoms with Crippen molar-refractivity contribution in [2.45, 2.75) is 19.8 Å². The number of aryl methyl sites for hydroxylation is 1. The minimum Gasteiger partial charge on any atom is -0.495 e. The van der Waals surface area contributed by atoms with Gasteiger partial charge in [0.25, 0.3) is 11.6 Å². The maximum atomic E-state index is 13.7. The van der Waals surface area contributed by atoms with Gasteiger partial charge >= 0.3 is 0 Å². The molecule has 0 radical (unpaired) electrons. The molecule has 0 aliphatic carbocycles. The number of carbonyl (C=O) groups is 2. The molecule has 41 heavy (non-hydrogen) atoms. The minimum absolute atomic E-state index is 0.0402. The number of nitrogens with zero attached hydrogens (tertiary/aromatic N) is 2. The number of dihydropyridines is 1. The molecule has 0 saturated carbocycles. The second-order valence-electron chi connectivity index (χ2n) is 9.11. The van der Waals surface area contributed by atoms with Crippen LogP contribution in [-0.4, -0.2) is 29.6 Å². The van der Waals surface area contributed by atoms with Gasteiger partial charge in [0, 0.05) is 29.1 Å². The molecular weight excluding hydrogens is 542 g/mol. The molecule has 3 aromatic carbocycles. The molecule has 0 bridgehead atoms. The Morgan fingerprint density at radius 2 is 1.76 bits per heavy atom. The SMILES string of the molecule is COc1ccccc1NC(=O)C1=C(C)NC(SCC(=O)Nc2ccc([N+](=O)[O-])cc2C)=C(C#N)[C@@H]1c1ccccc1. The van der Waals surface area contributed by atoms with Gasteiger partial charge in [-0.3, -0.25) is 19.7 Å². The number of nitrogens with one attached hydrogen (secondary N) is 3. The molecule has 1 heterocycles. The van der Waals surface area contributed by atoms with Crippen molar-refractivity contribution < 1.29 is 19.2 Å². The number of carbonyl (C=O) groups excluding carboxylic acids is 2. The van der Waals surface area contributed by atoms with E-state index in [0.717, 1.165) is 17.3 Å². The molecule has 1 atom stereocenters. The number of hydrogen-bond donors (Lipinski definition) is 3. The highest BCUT2D eigenvalue weighted by Crippen LogP contribution is 2.41. The van der Waals surface area contributed by atoms with Gasteiger partial charge in [-0.1, -0.05) is 54.2 Å². The first-order valence-electron chi connectivity index (χ1n) is 12.5. The van der Waals surface area contributed by atoms with Crippen LogP contribution in [0.2, 0.25) is 0 Å². The summed E-state index contributed by atoms with van der Waals surface area (Å²) >= 11 is 1.14. The van der Waals surface area contributed by atoms with Gasteiger partial charge in [-0.05, 0) is 43.2 Å². The zero-order chi connectivity index (χ0) is 29.5. The summed E-state index contributed by atoms with van der Waals surface area (Å²) in [5, 5.41) is 30.6. The lowest BCUT2D eigenvalue weighted by atomic mass is 9.82. The van der Waals surface area contributed by atoms with Crippen molar-refractivity contribution in [3.63, 3.8) is 0 Å². The molecule has 0 fully saturated rings. The van der Waals surface area contributed by atoms with Crippen LogP contribution in [0.1, 0.15) is 24.0 Å². The number of non-ortho nitro benzene ring substituents is 1. The van der Waals surface area contributed by atoms with Crippen LogP contribution in [0.4, 0.5) is 17.1 Å². The maximum absolute atomic E-state index is 13.7. The third kappa shape index (κ3) is 6.57. The first kappa shape index (κ1) is 28.9. The summed E-state index contributed by atoms with van der Waals surface area (Å²) in [6.45, 7) is 3.42. The van der Waals surface area contributed by atoms with E-state index in [1.54, 1.807) is 38.1 Å². The number of nitriles is 1. The molecule has 4 rings (SSSR count). The van der Waals surface area contributed by atoms with Crippen LogP contribution in [0.5, 0.6) is 5.75 Å². The highest BCUT2D eigenvalue weighted by Gasteiger charge is 2.35. The number of allylic oxidation sites excluding steroid dienone is 2. The number of benzene rings is 3. The first-order valence-corrected chi connectivity index (χ1v) is 13.5. The van der Waals surface area contributed by atoms with Gasteiger partial charge in [-0.25, -0.2) is 0 Å². The van der Waals surface area contributed by atoms with Crippen LogP contribution in [0.3, 0.4) is 0 Å². The highest BCUT2D eigenvalue weighted by atomic mass is 32.2. The average molecular weight is 570 g/mol. The zero-order valence-corrected chi connectivity index (χ0v) is 23.4. The van der Waals surface area contributed by atoms with Crippen molar-refractivity contribution in [3.05, 3.63) is 116 Å². The normalized spacial score (nSPS) is 14.5. The van der Waals surface area contributed by atoms with E-state index in [2.05, 4.69) is 22.0 Å². The molecular formula is C30H27N5O5S. The Hall–Kier alpha value is -5.08. The van der Waals surface area contributed by atoms with Crippen molar-refractivity contribution in [1.82, 2.24) is 5.32 Å². The van der Waals surface area contributed by atoms with E-state index in [1.165, 1.54) is 25.3 Å². The van der Waals surface area contributed by atoms with Crippen molar-refractivity contribution in [3.8, 4) is 11.8 Å². The second kappa shape index (κ2) is 12.8. The lowest BCUT2D eigenvalue weighted by molar-refractivity contribution is -0.384. The third-order valence-corrected chi connectivity index (χ3v) is 7.44. The largest absolute Gasteiger partial charge is 0.495 e. The number of para-hydroxylation sites is 2. The molecule has 0 unspecified atom stereocenters. The number of methoxy groups -OCH3 is 1. The van der Waals surface area contributed by atoms with Crippen LogP contribution in [-0.2, 0) is 9.59 Å². The van der Waals surface area contributed by atoms with Crippen molar-refractivity contribution >= 4 is 40.6 Å². The van der Waals surface area contributed by atoms with Crippen LogP contribution in [0.25, 0.3) is 0 Å². The molecule has 11 heteroatoms. The molecule has 3 N–H and O–H groups in total. The smallest absolute Gasteiger partial charge is 0.269 e. The predicted octanol–water partition coefficient (Wildman–Crippen LogP) is 5.62. The van der Waals surface area contributed by atoms with Gasteiger partial charge in [0.2, 0.25) is 5.91 Å². The van der Waals surface area contributed by atoms with Crippen LogP contribution in [0.15, 0.2) is 94.7 Å². The Bertz CT molecular complexity index is 1610. The number of thioether (sulfide) groups is 1. The Morgan fingerprint density at radius 3 is 2.41 bits per heavy atom. The molecule has 1 aliphatic rings. The Balaban J connectivity index is 1.60. The van der Waals surface area contributed by atoms with E-state index in [9.17, 15) is 25.0 Å². The number of nitro benzene ring substituents is 1. The fraction of sp³-hybridized carbons (Fsp3) is 0.167. The number of amides is 2. The van der Waals surface area contributed by atoms with Crippen molar-refractivity contribution in [2.24, 2.45) is 0 Å². The summed E-state index contributed by atoms with van der Waals surface area (Å²) < 4.78 is 5.37. The lowest BCUT2D eigenvalue weighted by Gasteiger charge is -2.30. The van der Waals surface area contributed by atoms with E-state index in [0.29, 0.717) is 44.6 Å². The van der Waals surface area contributed by atoms with Crippen molar-refractivity contribution in [2.75, 3.05) is 23.5 Å². The molecule has 0 aromatic heterocycles. The summed E-state index contributed by atoms with van der Waals surface area (Å²) in [7, 11) is 1.52. The summed E-state index contributed by atoms with van der Waals surface area (Å²) in [6, 6.07) is 22.7. The Kier molecular flexibility index (Phi) is 9.06. The number of rotatable bonds is 9. The molecule has 3 aromatic rings. The van der Waals surface area contributed by atoms with E-state index in [-0.39, 0.29) is 17.3 Å². The minimum atomic E-state index is -0.681. The van der Waals surface area contributed by atoms with Gasteiger partial charge in [0.05, 0.1) is 46.1 Å². The summed E-state index contributed by atoms with van der Waals surface area (Å²) in [5.74, 6) is -0.963. The summed E-state index contributed by atoms with van der Waals surface area (Å²) in [4.78, 5) is 37.0. The summed E-state index contributed by atoms with van der Waals surface area (Å²) in [6.07, 6.45) is 0. The van der Waals surface area contributed by atoms with Gasteiger partial charge in [-0.2, -0.15) is 5.26 Å². The van der Waals surface area contributed by atoms with E-state index in [1.807, 2.05) is 30.3 Å². The monoisotopic (exact) mass is 569 g/mol. The molecule has 208 valence electrons. The molecule has 1 aliphatic heterocycles. The molecule has 10 nitrogen and oxygen atoms in total. The Morgan fingerprint density at radius 1 is 1.05 bits per heavy atom. The highest BCUT2D eigenvalue weighted by molar-refractivity contribution is 8.03. The fourth-order valence-electron chi connectivity index (χ4n) is 4.47. The van der Waals surface area contributed by atoms with Crippen LogP contribution in [0, 0.1) is 28.4 Å². The predicted molar refractivity (Wildman–Crippen MR) is 158 cm³/mol. The number of hydrogen-bond acceptors (Lipinski definition) is 8. The Labute approximate surface area is 241 Å². The fourth-order valence-corrected chi connectivity index (χ4v) is 5.36. The lowest BCUT2D eigenvalue weighted by Crippen LogP contribution is -2.31.